The average molecular weight is 450 g/mol. The second-order valence-electron chi connectivity index (χ2n) is 8.27. The maximum absolute atomic E-state index is 13.5. The maximum atomic E-state index is 13.5. The number of carbonyl (C=O) groups excluding carboxylic acids is 1. The summed E-state index contributed by atoms with van der Waals surface area (Å²) < 4.78 is 28.4. The number of nitrogens with one attached hydrogen (secondary N) is 1. The molecule has 1 aromatic heterocycles. The predicted octanol–water partition coefficient (Wildman–Crippen LogP) is 4.29. The van der Waals surface area contributed by atoms with Crippen LogP contribution in [0.25, 0.3) is 0 Å². The number of aryl methyl sites for hydroxylation is 1. The molecule has 1 heterocycles. The van der Waals surface area contributed by atoms with E-state index in [1.54, 1.807) is 54.7 Å². The molecule has 0 unspecified atom stereocenters. The number of carbonyl (C=O) groups is 1. The molecule has 3 aromatic rings. The van der Waals surface area contributed by atoms with Gasteiger partial charge in [-0.3, -0.25) is 14.5 Å². The van der Waals surface area contributed by atoms with Gasteiger partial charge in [-0.05, 0) is 68.0 Å². The first-order chi connectivity index (χ1) is 15.4. The van der Waals surface area contributed by atoms with Gasteiger partial charge in [-0.15, -0.1) is 0 Å². The molecule has 0 saturated heterocycles. The minimum atomic E-state index is -3.81. The molecule has 32 heavy (non-hydrogen) atoms. The smallest absolute Gasteiger partial charge is 0.261 e. The second-order valence-corrected chi connectivity index (χ2v) is 9.95. The Bertz CT molecular complexity index is 1170. The molecule has 4 rings (SSSR count). The molecule has 1 N–H and O–H groups in total. The quantitative estimate of drug-likeness (QED) is 0.529. The Morgan fingerprint density at radius 3 is 2.50 bits per heavy atom. The summed E-state index contributed by atoms with van der Waals surface area (Å²) in [5, 5.41) is 0. The number of nitrogens with zero attached hydrogens (tertiary/aromatic N) is 2. The van der Waals surface area contributed by atoms with Crippen LogP contribution in [-0.4, -0.2) is 37.3 Å². The van der Waals surface area contributed by atoms with Crippen LogP contribution in [0.2, 0.25) is 0 Å². The number of hydrogen-bond donors (Lipinski definition) is 1. The fourth-order valence-electron chi connectivity index (χ4n) is 3.55. The van der Waals surface area contributed by atoms with Crippen molar-refractivity contribution in [3.63, 3.8) is 0 Å². The highest BCUT2D eigenvalue weighted by Gasteiger charge is 2.28. The van der Waals surface area contributed by atoms with Crippen LogP contribution < -0.4 is 4.72 Å². The molecule has 1 aliphatic rings. The van der Waals surface area contributed by atoms with Gasteiger partial charge in [0.15, 0.2) is 0 Å². The number of anilines is 1. The van der Waals surface area contributed by atoms with E-state index in [0.29, 0.717) is 36.7 Å². The molecule has 2 aromatic carbocycles. The van der Waals surface area contributed by atoms with E-state index in [-0.39, 0.29) is 10.8 Å². The van der Waals surface area contributed by atoms with Crippen molar-refractivity contribution < 1.29 is 13.2 Å². The maximum Gasteiger partial charge on any atom is 0.261 e. The molecule has 0 bridgehead atoms. The molecule has 0 radical (unpaired) electrons. The van der Waals surface area contributed by atoms with Gasteiger partial charge in [0.1, 0.15) is 0 Å². The summed E-state index contributed by atoms with van der Waals surface area (Å²) in [6.07, 6.45) is 6.48. The molecule has 0 atom stereocenters. The van der Waals surface area contributed by atoms with E-state index in [1.165, 1.54) is 0 Å². The lowest BCUT2D eigenvalue weighted by Crippen LogP contribution is -2.35. The number of benzene rings is 2. The first kappa shape index (κ1) is 22.0. The van der Waals surface area contributed by atoms with E-state index >= 15 is 0 Å². The van der Waals surface area contributed by atoms with Crippen molar-refractivity contribution in [2.24, 2.45) is 5.92 Å². The Hall–Kier alpha value is -3.19. The standard InChI is InChI=1S/C25H27N3O3S/c1-19-8-12-22(13-9-19)32(30,31)27-24-7-3-2-6-23(24)25(29)28(18-21-10-11-21)16-14-20-5-4-15-26-17-20/h2-9,12-13,15,17,21,27H,10-11,14,16,18H2,1H3. The zero-order valence-corrected chi connectivity index (χ0v) is 18.9. The fraction of sp³-hybridized carbons (Fsp3) is 0.280. The summed E-state index contributed by atoms with van der Waals surface area (Å²) in [4.78, 5) is 19.6. The lowest BCUT2D eigenvalue weighted by molar-refractivity contribution is 0.0750. The van der Waals surface area contributed by atoms with Crippen molar-refractivity contribution in [2.45, 2.75) is 31.1 Å². The Morgan fingerprint density at radius 1 is 1.06 bits per heavy atom. The first-order valence-corrected chi connectivity index (χ1v) is 12.3. The van der Waals surface area contributed by atoms with Crippen LogP contribution in [-0.2, 0) is 16.4 Å². The van der Waals surface area contributed by atoms with Gasteiger partial charge in [-0.2, -0.15) is 0 Å². The van der Waals surface area contributed by atoms with Crippen LogP contribution in [0.1, 0.15) is 34.3 Å². The van der Waals surface area contributed by atoms with E-state index in [0.717, 1.165) is 24.0 Å². The molecule has 6 nitrogen and oxygen atoms in total. The van der Waals surface area contributed by atoms with E-state index in [9.17, 15) is 13.2 Å². The second kappa shape index (κ2) is 9.53. The van der Waals surface area contributed by atoms with Gasteiger partial charge in [0.2, 0.25) is 0 Å². The fourth-order valence-corrected chi connectivity index (χ4v) is 4.63. The van der Waals surface area contributed by atoms with E-state index in [1.807, 2.05) is 30.2 Å². The lowest BCUT2D eigenvalue weighted by atomic mass is 10.1. The van der Waals surface area contributed by atoms with Gasteiger partial charge < -0.3 is 4.90 Å². The van der Waals surface area contributed by atoms with Crippen molar-refractivity contribution in [1.29, 1.82) is 0 Å². The summed E-state index contributed by atoms with van der Waals surface area (Å²) in [6.45, 7) is 3.13. The number of sulfonamides is 1. The molecule has 0 spiro atoms. The summed E-state index contributed by atoms with van der Waals surface area (Å²) in [5.74, 6) is 0.354. The average Bonchev–Trinajstić information content (AvgIpc) is 3.61. The van der Waals surface area contributed by atoms with Gasteiger partial charge in [0.05, 0.1) is 16.1 Å². The minimum Gasteiger partial charge on any atom is -0.338 e. The highest BCUT2D eigenvalue weighted by Crippen LogP contribution is 2.31. The topological polar surface area (TPSA) is 79.4 Å². The zero-order valence-electron chi connectivity index (χ0n) is 18.1. The number of amides is 1. The molecule has 7 heteroatoms. The Labute approximate surface area is 189 Å². The Balaban J connectivity index is 1.56. The van der Waals surface area contributed by atoms with Crippen molar-refractivity contribution in [3.05, 3.63) is 89.7 Å². The number of hydrogen-bond acceptors (Lipinski definition) is 4. The van der Waals surface area contributed by atoms with E-state index < -0.39 is 10.0 Å². The molecule has 1 fully saturated rings. The summed E-state index contributed by atoms with van der Waals surface area (Å²) in [6, 6.07) is 17.3. The Morgan fingerprint density at radius 2 is 1.81 bits per heavy atom. The Kier molecular flexibility index (Phi) is 6.55. The van der Waals surface area contributed by atoms with E-state index in [2.05, 4.69) is 9.71 Å². The molecule has 1 amide bonds. The number of para-hydroxylation sites is 1. The normalized spacial score (nSPS) is 13.5. The molecule has 1 saturated carbocycles. The summed E-state index contributed by atoms with van der Waals surface area (Å²) in [5.41, 5.74) is 2.69. The van der Waals surface area contributed by atoms with Gasteiger partial charge in [0.25, 0.3) is 15.9 Å². The van der Waals surface area contributed by atoms with Crippen LogP contribution in [0.3, 0.4) is 0 Å². The highest BCUT2D eigenvalue weighted by atomic mass is 32.2. The van der Waals surface area contributed by atoms with Crippen molar-refractivity contribution in [2.75, 3.05) is 17.8 Å². The van der Waals surface area contributed by atoms with Gasteiger partial charge in [-0.25, -0.2) is 8.42 Å². The largest absolute Gasteiger partial charge is 0.338 e. The summed E-state index contributed by atoms with van der Waals surface area (Å²) in [7, 11) is -3.81. The number of pyridine rings is 1. The zero-order chi connectivity index (χ0) is 22.6. The van der Waals surface area contributed by atoms with Crippen LogP contribution in [0.15, 0.2) is 78.0 Å². The summed E-state index contributed by atoms with van der Waals surface area (Å²) >= 11 is 0. The highest BCUT2D eigenvalue weighted by molar-refractivity contribution is 7.92. The third-order valence-corrected chi connectivity index (χ3v) is 6.97. The molecular formula is C25H27N3O3S. The van der Waals surface area contributed by atoms with Crippen molar-refractivity contribution in [3.8, 4) is 0 Å². The molecule has 1 aliphatic carbocycles. The van der Waals surface area contributed by atoms with Gasteiger partial charge in [-0.1, -0.05) is 35.9 Å². The monoisotopic (exact) mass is 449 g/mol. The van der Waals surface area contributed by atoms with Crippen LogP contribution in [0.5, 0.6) is 0 Å². The molecular weight excluding hydrogens is 422 g/mol. The SMILES string of the molecule is Cc1ccc(S(=O)(=O)Nc2ccccc2C(=O)N(CCc2cccnc2)CC2CC2)cc1. The van der Waals surface area contributed by atoms with Crippen LogP contribution in [0, 0.1) is 12.8 Å². The van der Waals surface area contributed by atoms with Crippen molar-refractivity contribution in [1.82, 2.24) is 9.88 Å². The minimum absolute atomic E-state index is 0.164. The van der Waals surface area contributed by atoms with Gasteiger partial charge >= 0.3 is 0 Å². The molecule has 166 valence electrons. The number of aromatic nitrogens is 1. The van der Waals surface area contributed by atoms with Gasteiger partial charge in [0, 0.05) is 25.5 Å². The third-order valence-electron chi connectivity index (χ3n) is 5.59. The lowest BCUT2D eigenvalue weighted by Gasteiger charge is -2.24. The predicted molar refractivity (Wildman–Crippen MR) is 125 cm³/mol. The number of rotatable bonds is 9. The van der Waals surface area contributed by atoms with Crippen molar-refractivity contribution >= 4 is 21.6 Å². The van der Waals surface area contributed by atoms with Crippen LogP contribution in [0.4, 0.5) is 5.69 Å². The third kappa shape index (κ3) is 5.53. The van der Waals surface area contributed by atoms with E-state index in [4.69, 9.17) is 0 Å². The first-order valence-electron chi connectivity index (χ1n) is 10.8. The molecule has 0 aliphatic heterocycles. The van der Waals surface area contributed by atoms with Crippen LogP contribution >= 0.6 is 0 Å².